The number of amides is 1. The number of carbonyl (C=O) groups is 1. The Balaban J connectivity index is 1.74. The maximum absolute atomic E-state index is 12.3. The number of ether oxygens (including phenoxy) is 2. The van der Waals surface area contributed by atoms with E-state index in [1.54, 1.807) is 36.5 Å². The third kappa shape index (κ3) is 6.32. The van der Waals surface area contributed by atoms with Gasteiger partial charge in [-0.25, -0.2) is 5.43 Å². The summed E-state index contributed by atoms with van der Waals surface area (Å²) in [5, 5.41) is 4.71. The summed E-state index contributed by atoms with van der Waals surface area (Å²) >= 11 is 13.1. The van der Waals surface area contributed by atoms with E-state index in [0.29, 0.717) is 39.8 Å². The van der Waals surface area contributed by atoms with Crippen molar-refractivity contribution in [2.45, 2.75) is 13.5 Å². The predicted octanol–water partition coefficient (Wildman–Crippen LogP) is 6.61. The Hall–Kier alpha value is -2.35. The molecule has 0 aliphatic carbocycles. The number of rotatable bonds is 8. The van der Waals surface area contributed by atoms with Crippen LogP contribution in [-0.4, -0.2) is 18.7 Å². The summed E-state index contributed by atoms with van der Waals surface area (Å²) in [6, 6.07) is 18.2. The normalized spacial score (nSPS) is 10.8. The van der Waals surface area contributed by atoms with Gasteiger partial charge < -0.3 is 9.47 Å². The SMILES string of the molecule is CCOc1cc(/C=N\NC(=O)c2ccccc2Br)c(Br)cc1OCc1ccccc1Cl. The molecular formula is C23H19Br2ClN2O3. The molecule has 0 aromatic heterocycles. The second kappa shape index (κ2) is 11.3. The van der Waals surface area contributed by atoms with Gasteiger partial charge in [0.2, 0.25) is 0 Å². The van der Waals surface area contributed by atoms with Gasteiger partial charge in [0.05, 0.1) is 18.4 Å². The molecule has 0 saturated carbocycles. The fourth-order valence-corrected chi connectivity index (χ4v) is 3.75. The van der Waals surface area contributed by atoms with Gasteiger partial charge in [-0.15, -0.1) is 0 Å². The molecule has 3 aromatic rings. The number of hydrazone groups is 1. The first kappa shape index (κ1) is 23.3. The number of nitrogens with zero attached hydrogens (tertiary/aromatic N) is 1. The van der Waals surface area contributed by atoms with Crippen LogP contribution in [-0.2, 0) is 6.61 Å². The largest absolute Gasteiger partial charge is 0.490 e. The van der Waals surface area contributed by atoms with Crippen LogP contribution in [0.5, 0.6) is 11.5 Å². The van der Waals surface area contributed by atoms with Crippen LogP contribution >= 0.6 is 43.5 Å². The summed E-state index contributed by atoms with van der Waals surface area (Å²) in [4.78, 5) is 12.3. The second-order valence-electron chi connectivity index (χ2n) is 6.31. The van der Waals surface area contributed by atoms with Crippen molar-refractivity contribution in [1.82, 2.24) is 5.43 Å². The molecule has 1 amide bonds. The third-order valence-corrected chi connectivity index (χ3v) is 5.94. The standard InChI is InChI=1S/C23H19Br2ClN2O3/c1-2-30-21-11-16(13-27-28-23(29)17-8-4-5-9-18(17)24)19(25)12-22(21)31-14-15-7-3-6-10-20(15)26/h3-13H,2,14H2,1H3,(H,28,29)/b27-13-. The van der Waals surface area contributed by atoms with Gasteiger partial charge in [0, 0.05) is 25.1 Å². The molecule has 5 nitrogen and oxygen atoms in total. The molecular weight excluding hydrogens is 548 g/mol. The molecule has 3 rings (SSSR count). The molecule has 0 aliphatic rings. The number of halogens is 3. The summed E-state index contributed by atoms with van der Waals surface area (Å²) in [5.74, 6) is 0.823. The minimum atomic E-state index is -0.315. The zero-order valence-electron chi connectivity index (χ0n) is 16.6. The monoisotopic (exact) mass is 564 g/mol. The van der Waals surface area contributed by atoms with Crippen molar-refractivity contribution in [1.29, 1.82) is 0 Å². The molecule has 0 aliphatic heterocycles. The Morgan fingerprint density at radius 2 is 1.74 bits per heavy atom. The van der Waals surface area contributed by atoms with Crippen molar-refractivity contribution in [3.05, 3.63) is 91.3 Å². The van der Waals surface area contributed by atoms with E-state index in [2.05, 4.69) is 42.4 Å². The zero-order chi connectivity index (χ0) is 22.2. The minimum Gasteiger partial charge on any atom is -0.490 e. The molecule has 0 atom stereocenters. The van der Waals surface area contributed by atoms with Crippen LogP contribution in [0.3, 0.4) is 0 Å². The molecule has 0 heterocycles. The highest BCUT2D eigenvalue weighted by molar-refractivity contribution is 9.10. The van der Waals surface area contributed by atoms with E-state index in [4.69, 9.17) is 21.1 Å². The number of hydrogen-bond donors (Lipinski definition) is 1. The Bertz CT molecular complexity index is 1110. The van der Waals surface area contributed by atoms with Crippen LogP contribution in [0.1, 0.15) is 28.4 Å². The Morgan fingerprint density at radius 1 is 1.03 bits per heavy atom. The smallest absolute Gasteiger partial charge is 0.272 e. The molecule has 31 heavy (non-hydrogen) atoms. The van der Waals surface area contributed by atoms with E-state index >= 15 is 0 Å². The van der Waals surface area contributed by atoms with Crippen molar-refractivity contribution in [3.63, 3.8) is 0 Å². The van der Waals surface area contributed by atoms with E-state index in [1.807, 2.05) is 37.3 Å². The molecule has 3 aromatic carbocycles. The summed E-state index contributed by atoms with van der Waals surface area (Å²) in [7, 11) is 0. The highest BCUT2D eigenvalue weighted by Crippen LogP contribution is 2.34. The van der Waals surface area contributed by atoms with Gasteiger partial charge >= 0.3 is 0 Å². The number of benzene rings is 3. The summed E-state index contributed by atoms with van der Waals surface area (Å²) in [6.07, 6.45) is 1.54. The first-order valence-electron chi connectivity index (χ1n) is 9.40. The lowest BCUT2D eigenvalue weighted by molar-refractivity contribution is 0.0954. The lowest BCUT2D eigenvalue weighted by atomic mass is 10.2. The number of nitrogens with one attached hydrogen (secondary N) is 1. The molecule has 0 unspecified atom stereocenters. The molecule has 0 bridgehead atoms. The van der Waals surface area contributed by atoms with Crippen LogP contribution in [0.4, 0.5) is 0 Å². The predicted molar refractivity (Wildman–Crippen MR) is 130 cm³/mol. The van der Waals surface area contributed by atoms with E-state index in [1.165, 1.54) is 0 Å². The fourth-order valence-electron chi connectivity index (χ4n) is 2.67. The van der Waals surface area contributed by atoms with Gasteiger partial charge in [0.1, 0.15) is 6.61 Å². The average molecular weight is 567 g/mol. The van der Waals surface area contributed by atoms with Gasteiger partial charge in [0.15, 0.2) is 11.5 Å². The molecule has 160 valence electrons. The van der Waals surface area contributed by atoms with Crippen LogP contribution < -0.4 is 14.9 Å². The molecule has 0 radical (unpaired) electrons. The van der Waals surface area contributed by atoms with Gasteiger partial charge in [-0.05, 0) is 69.1 Å². The van der Waals surface area contributed by atoms with E-state index in [9.17, 15) is 4.79 Å². The van der Waals surface area contributed by atoms with Crippen molar-refractivity contribution in [3.8, 4) is 11.5 Å². The third-order valence-electron chi connectivity index (χ3n) is 4.19. The highest BCUT2D eigenvalue weighted by atomic mass is 79.9. The van der Waals surface area contributed by atoms with Crippen molar-refractivity contribution in [2.75, 3.05) is 6.61 Å². The molecule has 8 heteroatoms. The Morgan fingerprint density at radius 3 is 2.48 bits per heavy atom. The first-order valence-corrected chi connectivity index (χ1v) is 11.4. The zero-order valence-corrected chi connectivity index (χ0v) is 20.5. The lowest BCUT2D eigenvalue weighted by Gasteiger charge is -2.14. The van der Waals surface area contributed by atoms with E-state index < -0.39 is 0 Å². The molecule has 0 saturated heterocycles. The molecule has 0 fully saturated rings. The number of hydrogen-bond acceptors (Lipinski definition) is 4. The van der Waals surface area contributed by atoms with Crippen LogP contribution in [0.25, 0.3) is 0 Å². The van der Waals surface area contributed by atoms with Gasteiger partial charge in [0.25, 0.3) is 5.91 Å². The highest BCUT2D eigenvalue weighted by Gasteiger charge is 2.12. The van der Waals surface area contributed by atoms with Gasteiger partial charge in [-0.1, -0.05) is 41.9 Å². The molecule has 0 spiro atoms. The maximum Gasteiger partial charge on any atom is 0.272 e. The summed E-state index contributed by atoms with van der Waals surface area (Å²) < 4.78 is 13.1. The quantitative estimate of drug-likeness (QED) is 0.247. The summed E-state index contributed by atoms with van der Waals surface area (Å²) in [5.41, 5.74) is 4.63. The molecule has 1 N–H and O–H groups in total. The van der Waals surface area contributed by atoms with Crippen molar-refractivity contribution >= 4 is 55.6 Å². The van der Waals surface area contributed by atoms with Gasteiger partial charge in [-0.2, -0.15) is 5.10 Å². The maximum atomic E-state index is 12.3. The topological polar surface area (TPSA) is 59.9 Å². The lowest BCUT2D eigenvalue weighted by Crippen LogP contribution is -2.18. The average Bonchev–Trinajstić information content (AvgIpc) is 2.76. The van der Waals surface area contributed by atoms with Gasteiger partial charge in [-0.3, -0.25) is 4.79 Å². The Kier molecular flexibility index (Phi) is 8.51. The number of carbonyl (C=O) groups excluding carboxylic acids is 1. The fraction of sp³-hybridized carbons (Fsp3) is 0.130. The summed E-state index contributed by atoms with van der Waals surface area (Å²) in [6.45, 7) is 2.67. The van der Waals surface area contributed by atoms with Crippen LogP contribution in [0.2, 0.25) is 5.02 Å². The van der Waals surface area contributed by atoms with Crippen molar-refractivity contribution in [2.24, 2.45) is 5.10 Å². The minimum absolute atomic E-state index is 0.307. The van der Waals surface area contributed by atoms with Crippen LogP contribution in [0.15, 0.2) is 74.7 Å². The Labute approximate surface area is 202 Å². The van der Waals surface area contributed by atoms with Crippen LogP contribution in [0, 0.1) is 0 Å². The van der Waals surface area contributed by atoms with E-state index in [-0.39, 0.29) is 5.91 Å². The first-order chi connectivity index (χ1) is 15.0. The second-order valence-corrected chi connectivity index (χ2v) is 8.43. The van der Waals surface area contributed by atoms with Crippen molar-refractivity contribution < 1.29 is 14.3 Å². The van der Waals surface area contributed by atoms with E-state index in [0.717, 1.165) is 15.6 Å².